The molecule has 0 unspecified atom stereocenters. The first kappa shape index (κ1) is 11.0. The molecule has 1 aromatic carbocycles. The van der Waals surface area contributed by atoms with E-state index < -0.39 is 0 Å². The van der Waals surface area contributed by atoms with Crippen LogP contribution in [0.5, 0.6) is 0 Å². The summed E-state index contributed by atoms with van der Waals surface area (Å²) in [6.45, 7) is 0.533. The number of hydrogen-bond donors (Lipinski definition) is 1. The first-order chi connectivity index (χ1) is 8.84. The summed E-state index contributed by atoms with van der Waals surface area (Å²) in [7, 11) is 0. The average molecular weight is 257 g/mol. The number of hydrogen-bond acceptors (Lipinski definition) is 3. The second kappa shape index (κ2) is 4.62. The molecule has 0 fully saturated rings. The Morgan fingerprint density at radius 2 is 2.17 bits per heavy atom. The second-order valence-electron chi connectivity index (χ2n) is 3.87. The number of benzene rings is 1. The average Bonchev–Trinajstić information content (AvgIpc) is 2.99. The van der Waals surface area contributed by atoms with E-state index in [0.717, 1.165) is 10.5 Å². The zero-order valence-electron chi connectivity index (χ0n) is 9.54. The number of aromatic nitrogens is 2. The number of nitrogens with zero attached hydrogens (tertiary/aromatic N) is 2. The van der Waals surface area contributed by atoms with Gasteiger partial charge >= 0.3 is 0 Å². The van der Waals surface area contributed by atoms with Crippen molar-refractivity contribution in [3.8, 4) is 0 Å². The minimum atomic E-state index is -0.0805. The number of fused-ring (bicyclic) bond motifs is 1. The third-order valence-corrected chi connectivity index (χ3v) is 3.52. The molecule has 90 valence electrons. The maximum absolute atomic E-state index is 12.0. The molecule has 1 N–H and O–H groups in total. The van der Waals surface area contributed by atoms with E-state index in [9.17, 15) is 4.79 Å². The van der Waals surface area contributed by atoms with Gasteiger partial charge in [0.05, 0.1) is 0 Å². The molecule has 0 atom stereocenters. The van der Waals surface area contributed by atoms with E-state index in [1.54, 1.807) is 16.8 Å². The van der Waals surface area contributed by atoms with Crippen molar-refractivity contribution < 1.29 is 4.79 Å². The van der Waals surface area contributed by atoms with Crippen LogP contribution in [0.15, 0.2) is 48.1 Å². The van der Waals surface area contributed by atoms with E-state index in [4.69, 9.17) is 0 Å². The fourth-order valence-corrected chi connectivity index (χ4v) is 2.59. The van der Waals surface area contributed by atoms with E-state index in [2.05, 4.69) is 10.3 Å². The van der Waals surface area contributed by atoms with Crippen LogP contribution in [0.1, 0.15) is 16.1 Å². The zero-order chi connectivity index (χ0) is 12.4. The summed E-state index contributed by atoms with van der Waals surface area (Å²) in [6, 6.07) is 9.85. The van der Waals surface area contributed by atoms with Gasteiger partial charge in [-0.25, -0.2) is 4.98 Å². The number of amides is 1. The third kappa shape index (κ3) is 2.00. The predicted octanol–water partition coefficient (Wildman–Crippen LogP) is 2.33. The van der Waals surface area contributed by atoms with Gasteiger partial charge in [-0.15, -0.1) is 11.3 Å². The number of imidazole rings is 1. The fourth-order valence-electron chi connectivity index (χ4n) is 1.76. The van der Waals surface area contributed by atoms with Gasteiger partial charge in [-0.2, -0.15) is 0 Å². The number of thiazole rings is 1. The molecule has 1 amide bonds. The van der Waals surface area contributed by atoms with Crippen LogP contribution < -0.4 is 5.32 Å². The molecular weight excluding hydrogens is 246 g/mol. The summed E-state index contributed by atoms with van der Waals surface area (Å²) in [4.78, 5) is 17.0. The number of carbonyl (C=O) groups is 1. The van der Waals surface area contributed by atoms with Crippen molar-refractivity contribution in [1.82, 2.24) is 14.7 Å². The van der Waals surface area contributed by atoms with Crippen LogP contribution in [-0.2, 0) is 6.54 Å². The normalized spacial score (nSPS) is 10.7. The van der Waals surface area contributed by atoms with Gasteiger partial charge in [0.2, 0.25) is 0 Å². The minimum absolute atomic E-state index is 0.0805. The van der Waals surface area contributed by atoms with Crippen molar-refractivity contribution in [1.29, 1.82) is 0 Å². The monoisotopic (exact) mass is 257 g/mol. The molecule has 0 radical (unpaired) electrons. The third-order valence-electron chi connectivity index (χ3n) is 2.67. The topological polar surface area (TPSA) is 46.4 Å². The Hall–Kier alpha value is -2.14. The highest BCUT2D eigenvalue weighted by atomic mass is 32.1. The predicted molar refractivity (Wildman–Crippen MR) is 70.7 cm³/mol. The van der Waals surface area contributed by atoms with Gasteiger partial charge in [-0.05, 0) is 5.56 Å². The Morgan fingerprint density at radius 3 is 3.00 bits per heavy atom. The van der Waals surface area contributed by atoms with Gasteiger partial charge in [0.25, 0.3) is 5.91 Å². The van der Waals surface area contributed by atoms with E-state index in [1.165, 1.54) is 11.3 Å². The quantitative estimate of drug-likeness (QED) is 0.782. The highest BCUT2D eigenvalue weighted by molar-refractivity contribution is 7.15. The van der Waals surface area contributed by atoms with Crippen molar-refractivity contribution in [2.45, 2.75) is 6.54 Å². The molecule has 3 aromatic rings. The lowest BCUT2D eigenvalue weighted by molar-refractivity contribution is 0.0945. The summed E-state index contributed by atoms with van der Waals surface area (Å²) in [5.41, 5.74) is 1.71. The molecule has 0 aliphatic carbocycles. The molecule has 0 spiro atoms. The standard InChI is InChI=1S/C13H11N3OS/c17-12(15-8-10-4-2-1-3-5-10)11-9-18-13-14-6-7-16(11)13/h1-7,9H,8H2,(H,15,17). The highest BCUT2D eigenvalue weighted by Gasteiger charge is 2.11. The molecule has 4 nitrogen and oxygen atoms in total. The van der Waals surface area contributed by atoms with Gasteiger partial charge in [-0.1, -0.05) is 30.3 Å². The molecule has 18 heavy (non-hydrogen) atoms. The Kier molecular flexibility index (Phi) is 2.82. The van der Waals surface area contributed by atoms with E-state index in [0.29, 0.717) is 12.2 Å². The zero-order valence-corrected chi connectivity index (χ0v) is 10.4. The van der Waals surface area contributed by atoms with Crippen LogP contribution in [-0.4, -0.2) is 15.3 Å². The smallest absolute Gasteiger partial charge is 0.269 e. The maximum atomic E-state index is 12.0. The molecule has 0 bridgehead atoms. The van der Waals surface area contributed by atoms with Crippen LogP contribution in [0, 0.1) is 0 Å². The van der Waals surface area contributed by atoms with E-state index >= 15 is 0 Å². The molecule has 0 saturated heterocycles. The summed E-state index contributed by atoms with van der Waals surface area (Å²) in [6.07, 6.45) is 3.49. The molecule has 2 aromatic heterocycles. The minimum Gasteiger partial charge on any atom is -0.347 e. The van der Waals surface area contributed by atoms with E-state index in [-0.39, 0.29) is 5.91 Å². The fraction of sp³-hybridized carbons (Fsp3) is 0.0769. The van der Waals surface area contributed by atoms with Crippen molar-refractivity contribution >= 4 is 22.2 Å². The molecule has 3 rings (SSSR count). The Morgan fingerprint density at radius 1 is 1.33 bits per heavy atom. The number of rotatable bonds is 3. The SMILES string of the molecule is O=C(NCc1ccccc1)c1csc2nccn12. The van der Waals surface area contributed by atoms with Crippen molar-refractivity contribution in [2.24, 2.45) is 0 Å². The number of nitrogens with one attached hydrogen (secondary N) is 1. The van der Waals surface area contributed by atoms with Crippen molar-refractivity contribution in [3.05, 3.63) is 59.4 Å². The lowest BCUT2D eigenvalue weighted by atomic mass is 10.2. The first-order valence-corrected chi connectivity index (χ1v) is 6.45. The number of carbonyl (C=O) groups excluding carboxylic acids is 1. The Labute approximate surface area is 108 Å². The van der Waals surface area contributed by atoms with Gasteiger partial charge in [0, 0.05) is 24.3 Å². The molecule has 2 heterocycles. The van der Waals surface area contributed by atoms with Crippen LogP contribution in [0.4, 0.5) is 0 Å². The maximum Gasteiger partial charge on any atom is 0.269 e. The van der Waals surface area contributed by atoms with Crippen molar-refractivity contribution in [3.63, 3.8) is 0 Å². The van der Waals surface area contributed by atoms with Gasteiger partial charge in [0.15, 0.2) is 4.96 Å². The van der Waals surface area contributed by atoms with Crippen LogP contribution in [0.2, 0.25) is 0 Å². The van der Waals surface area contributed by atoms with E-state index in [1.807, 2.05) is 35.7 Å². The van der Waals surface area contributed by atoms with Gasteiger partial charge < -0.3 is 5.32 Å². The summed E-state index contributed by atoms with van der Waals surface area (Å²) >= 11 is 1.46. The summed E-state index contributed by atoms with van der Waals surface area (Å²) in [5.74, 6) is -0.0805. The van der Waals surface area contributed by atoms with Gasteiger partial charge in [-0.3, -0.25) is 9.20 Å². The largest absolute Gasteiger partial charge is 0.347 e. The van der Waals surface area contributed by atoms with Crippen LogP contribution in [0.3, 0.4) is 0 Å². The first-order valence-electron chi connectivity index (χ1n) is 5.57. The van der Waals surface area contributed by atoms with Crippen LogP contribution >= 0.6 is 11.3 Å². The molecular formula is C13H11N3OS. The van der Waals surface area contributed by atoms with Crippen LogP contribution in [0.25, 0.3) is 4.96 Å². The Bertz CT molecular complexity index is 672. The lowest BCUT2D eigenvalue weighted by Crippen LogP contribution is -2.23. The molecule has 0 aliphatic rings. The summed E-state index contributed by atoms with van der Waals surface area (Å²) < 4.78 is 1.80. The van der Waals surface area contributed by atoms with Crippen molar-refractivity contribution in [2.75, 3.05) is 0 Å². The molecule has 0 aliphatic heterocycles. The summed E-state index contributed by atoms with van der Waals surface area (Å²) in [5, 5.41) is 4.72. The Balaban J connectivity index is 1.74. The lowest BCUT2D eigenvalue weighted by Gasteiger charge is -2.04. The molecule has 5 heteroatoms. The van der Waals surface area contributed by atoms with Gasteiger partial charge in [0.1, 0.15) is 5.69 Å². The molecule has 0 saturated carbocycles. The highest BCUT2D eigenvalue weighted by Crippen LogP contribution is 2.14. The second-order valence-corrected chi connectivity index (χ2v) is 4.71.